The molecule has 1 aromatic carbocycles. The minimum Gasteiger partial charge on any atom is -0.374 e. The zero-order valence-corrected chi connectivity index (χ0v) is 20.2. The zero-order chi connectivity index (χ0) is 24.6. The number of aliphatic hydroxyl groups excluding tert-OH is 1. The Hall–Kier alpha value is -4.08. The maximum absolute atomic E-state index is 13.7. The lowest BCUT2D eigenvalue weighted by Gasteiger charge is -2.13. The number of benzene rings is 1. The van der Waals surface area contributed by atoms with Gasteiger partial charge < -0.3 is 15.4 Å². The first kappa shape index (κ1) is 22.4. The van der Waals surface area contributed by atoms with Crippen LogP contribution in [0.4, 0.5) is 10.1 Å². The minimum atomic E-state index is -0.625. The summed E-state index contributed by atoms with van der Waals surface area (Å²) in [7, 11) is 0. The average Bonchev–Trinajstić information content (AvgIpc) is 3.61. The smallest absolute Gasteiger partial charge is 0.176 e. The summed E-state index contributed by atoms with van der Waals surface area (Å²) >= 11 is 1.13. The highest BCUT2D eigenvalue weighted by molar-refractivity contribution is 7.14. The summed E-state index contributed by atoms with van der Waals surface area (Å²) in [6.45, 7) is 2.02. The number of hydrogen-bond donors (Lipinski definition) is 4. The normalized spacial score (nSPS) is 12.4. The van der Waals surface area contributed by atoms with Crippen molar-refractivity contribution in [2.45, 2.75) is 26.0 Å². The van der Waals surface area contributed by atoms with Gasteiger partial charge in [0.05, 0.1) is 28.8 Å². The lowest BCUT2D eigenvalue weighted by Crippen LogP contribution is -2.18. The third-order valence-corrected chi connectivity index (χ3v) is 7.00. The molecule has 36 heavy (non-hydrogen) atoms. The van der Waals surface area contributed by atoms with Crippen LogP contribution < -0.4 is 5.32 Å². The van der Waals surface area contributed by atoms with E-state index < -0.39 is 6.23 Å². The first-order valence-electron chi connectivity index (χ1n) is 11.7. The molecule has 0 aliphatic rings. The van der Waals surface area contributed by atoms with Crippen LogP contribution in [0.3, 0.4) is 0 Å². The zero-order valence-electron chi connectivity index (χ0n) is 19.4. The number of aliphatic hydroxyl groups is 1. The number of hydrogen-bond acceptors (Lipinski definition) is 6. The maximum atomic E-state index is 13.7. The molecule has 1 atom stereocenters. The van der Waals surface area contributed by atoms with Crippen LogP contribution in [0.1, 0.15) is 19.8 Å². The van der Waals surface area contributed by atoms with E-state index in [1.165, 1.54) is 6.07 Å². The highest BCUT2D eigenvalue weighted by Crippen LogP contribution is 2.36. The lowest BCUT2D eigenvalue weighted by atomic mass is 10.1. The molecule has 0 amide bonds. The monoisotopic (exact) mass is 498 g/mol. The first-order chi connectivity index (χ1) is 17.6. The van der Waals surface area contributed by atoms with Crippen molar-refractivity contribution >= 4 is 39.0 Å². The Morgan fingerprint density at radius 2 is 2.00 bits per heavy atom. The minimum absolute atomic E-state index is 0.207. The summed E-state index contributed by atoms with van der Waals surface area (Å²) in [4.78, 5) is 13.5. The molecule has 0 spiro atoms. The number of nitrogens with zero attached hydrogens (tertiary/aromatic N) is 3. The third kappa shape index (κ3) is 4.12. The number of aromatic nitrogens is 5. The largest absolute Gasteiger partial charge is 0.374 e. The second-order valence-corrected chi connectivity index (χ2v) is 9.66. The molecule has 0 aliphatic carbocycles. The summed E-state index contributed by atoms with van der Waals surface area (Å²) in [6.07, 6.45) is 4.34. The van der Waals surface area contributed by atoms with Crippen LogP contribution in [0.25, 0.3) is 55.0 Å². The molecule has 0 bridgehead atoms. The second-order valence-electron chi connectivity index (χ2n) is 8.63. The predicted molar refractivity (Wildman–Crippen MR) is 142 cm³/mol. The van der Waals surface area contributed by atoms with E-state index in [0.717, 1.165) is 72.8 Å². The van der Waals surface area contributed by atoms with Crippen molar-refractivity contribution in [3.8, 4) is 33.1 Å². The molecule has 9 heteroatoms. The molecule has 0 aliphatic heterocycles. The van der Waals surface area contributed by atoms with Gasteiger partial charge in [0.1, 0.15) is 17.4 Å². The van der Waals surface area contributed by atoms with Crippen LogP contribution in [0.5, 0.6) is 0 Å². The van der Waals surface area contributed by atoms with Gasteiger partial charge >= 0.3 is 0 Å². The van der Waals surface area contributed by atoms with Crippen LogP contribution >= 0.6 is 11.3 Å². The van der Waals surface area contributed by atoms with Crippen molar-refractivity contribution < 1.29 is 9.50 Å². The van der Waals surface area contributed by atoms with E-state index in [1.54, 1.807) is 18.5 Å². The fraction of sp³-hybridized carbons (Fsp3) is 0.148. The first-order valence-corrected chi connectivity index (χ1v) is 12.5. The van der Waals surface area contributed by atoms with Gasteiger partial charge in [-0.3, -0.25) is 10.1 Å². The van der Waals surface area contributed by atoms with Crippen LogP contribution in [-0.4, -0.2) is 36.5 Å². The summed E-state index contributed by atoms with van der Waals surface area (Å²) in [5.74, 6) is 0. The van der Waals surface area contributed by atoms with Gasteiger partial charge in [-0.2, -0.15) is 9.49 Å². The van der Waals surface area contributed by atoms with Crippen molar-refractivity contribution in [3.05, 3.63) is 72.1 Å². The standard InChI is InChI=1S/C27H23FN6OS/c1-2-4-25(35)30-16-11-15(13-29-14-16)19-7-8-21-26(32-19)27(34-33-21)22-12-18-17(5-3-6-20(18)31-22)23-9-10-24(28)36-23/h3,5-14,25,30-31,35H,2,4H2,1H3,(H,33,34). The van der Waals surface area contributed by atoms with Gasteiger partial charge in [0.2, 0.25) is 0 Å². The second kappa shape index (κ2) is 9.18. The molecule has 0 saturated heterocycles. The predicted octanol–water partition coefficient (Wildman–Crippen LogP) is 6.57. The fourth-order valence-corrected chi connectivity index (χ4v) is 5.17. The SMILES string of the molecule is CCCC(O)Nc1cncc(-c2ccc3[nH]nc(-c4cc5c(-c6ccc(F)s6)cccc5[nH]4)c3n2)c1. The van der Waals surface area contributed by atoms with Gasteiger partial charge in [0.25, 0.3) is 0 Å². The molecular formula is C27H23FN6OS. The Bertz CT molecular complexity index is 1690. The molecule has 180 valence electrons. The number of nitrogens with one attached hydrogen (secondary N) is 3. The van der Waals surface area contributed by atoms with E-state index in [9.17, 15) is 9.50 Å². The van der Waals surface area contributed by atoms with Crippen LogP contribution in [-0.2, 0) is 0 Å². The molecular weight excluding hydrogens is 475 g/mol. The third-order valence-electron chi connectivity index (χ3n) is 6.10. The number of aromatic amines is 2. The van der Waals surface area contributed by atoms with Gasteiger partial charge in [-0.1, -0.05) is 25.5 Å². The van der Waals surface area contributed by atoms with Crippen LogP contribution in [0, 0.1) is 5.13 Å². The van der Waals surface area contributed by atoms with Gasteiger partial charge in [0.15, 0.2) is 5.13 Å². The quantitative estimate of drug-likeness (QED) is 0.187. The highest BCUT2D eigenvalue weighted by Gasteiger charge is 2.16. The van der Waals surface area contributed by atoms with E-state index in [4.69, 9.17) is 4.98 Å². The van der Waals surface area contributed by atoms with Crippen molar-refractivity contribution in [1.82, 2.24) is 25.1 Å². The fourth-order valence-electron chi connectivity index (χ4n) is 4.40. The Balaban J connectivity index is 1.40. The molecule has 6 rings (SSSR count). The van der Waals surface area contributed by atoms with E-state index in [0.29, 0.717) is 12.1 Å². The van der Waals surface area contributed by atoms with E-state index in [2.05, 4.69) is 25.5 Å². The molecule has 5 aromatic heterocycles. The Labute approximate surface area is 210 Å². The van der Waals surface area contributed by atoms with Crippen LogP contribution in [0.2, 0.25) is 0 Å². The molecule has 4 N–H and O–H groups in total. The lowest BCUT2D eigenvalue weighted by molar-refractivity contribution is 0.192. The topological polar surface area (TPSA) is 103 Å². The molecule has 5 heterocycles. The van der Waals surface area contributed by atoms with E-state index in [1.807, 2.05) is 49.4 Å². The van der Waals surface area contributed by atoms with Gasteiger partial charge in [-0.15, -0.1) is 11.3 Å². The number of pyridine rings is 2. The van der Waals surface area contributed by atoms with Crippen molar-refractivity contribution in [3.63, 3.8) is 0 Å². The Morgan fingerprint density at radius 3 is 2.83 bits per heavy atom. The Morgan fingerprint density at radius 1 is 1.08 bits per heavy atom. The molecule has 0 fully saturated rings. The summed E-state index contributed by atoms with van der Waals surface area (Å²) in [5, 5.41) is 21.6. The van der Waals surface area contributed by atoms with Crippen molar-refractivity contribution in [1.29, 1.82) is 0 Å². The van der Waals surface area contributed by atoms with Crippen molar-refractivity contribution in [2.75, 3.05) is 5.32 Å². The molecule has 1 unspecified atom stereocenters. The van der Waals surface area contributed by atoms with Gasteiger partial charge in [-0.25, -0.2) is 4.98 Å². The van der Waals surface area contributed by atoms with Gasteiger partial charge in [-0.05, 0) is 48.9 Å². The summed E-state index contributed by atoms with van der Waals surface area (Å²) < 4.78 is 13.7. The highest BCUT2D eigenvalue weighted by atomic mass is 32.1. The number of fused-ring (bicyclic) bond motifs is 2. The van der Waals surface area contributed by atoms with Gasteiger partial charge in [0, 0.05) is 33.1 Å². The number of rotatable bonds is 7. The molecule has 0 saturated carbocycles. The average molecular weight is 499 g/mol. The molecule has 0 radical (unpaired) electrons. The van der Waals surface area contributed by atoms with E-state index >= 15 is 0 Å². The van der Waals surface area contributed by atoms with Crippen molar-refractivity contribution in [2.24, 2.45) is 0 Å². The maximum Gasteiger partial charge on any atom is 0.176 e. The molecule has 6 aromatic rings. The summed E-state index contributed by atoms with van der Waals surface area (Å²) in [6, 6.07) is 17.1. The summed E-state index contributed by atoms with van der Waals surface area (Å²) in [5.41, 5.74) is 7.29. The number of H-pyrrole nitrogens is 2. The number of anilines is 1. The molecule has 7 nitrogen and oxygen atoms in total. The van der Waals surface area contributed by atoms with Crippen LogP contribution in [0.15, 0.2) is 67.0 Å². The Kier molecular flexibility index (Phi) is 5.71. The van der Waals surface area contributed by atoms with E-state index in [-0.39, 0.29) is 5.13 Å². The number of thiophene rings is 1. The number of halogens is 1.